The molecule has 7 nitrogen and oxygen atoms in total. The van der Waals surface area contributed by atoms with Crippen molar-refractivity contribution in [3.8, 4) is 17.3 Å². The Kier molecular flexibility index (Phi) is 3.68. The quantitative estimate of drug-likeness (QED) is 0.798. The number of nitrogens with zero attached hydrogens (tertiary/aromatic N) is 6. The van der Waals surface area contributed by atoms with E-state index in [1.165, 1.54) is 17.3 Å². The molecule has 0 unspecified atom stereocenters. The fraction of sp³-hybridized carbons (Fsp3) is 0.0833. The van der Waals surface area contributed by atoms with E-state index in [2.05, 4.69) is 30.4 Å². The predicted molar refractivity (Wildman–Crippen MR) is 79.7 cm³/mol. The van der Waals surface area contributed by atoms with Gasteiger partial charge < -0.3 is 5.32 Å². The van der Waals surface area contributed by atoms with E-state index >= 15 is 0 Å². The molecule has 9 heteroatoms. The molecule has 0 atom stereocenters. The Morgan fingerprint density at radius 3 is 2.62 bits per heavy atom. The summed E-state index contributed by atoms with van der Waals surface area (Å²) in [5.74, 6) is 1.22. The monoisotopic (exact) mass is 321 g/mol. The summed E-state index contributed by atoms with van der Waals surface area (Å²) < 4.78 is 1.45. The summed E-state index contributed by atoms with van der Waals surface area (Å²) in [4.78, 5) is 16.8. The summed E-state index contributed by atoms with van der Waals surface area (Å²) >= 11 is 11.9. The minimum atomic E-state index is 0.355. The first-order chi connectivity index (χ1) is 10.2. The number of aromatic nitrogens is 6. The second-order valence-corrected chi connectivity index (χ2v) is 4.82. The van der Waals surface area contributed by atoms with Gasteiger partial charge in [0.15, 0.2) is 5.82 Å². The first kappa shape index (κ1) is 13.7. The highest BCUT2D eigenvalue weighted by molar-refractivity contribution is 6.42. The molecule has 0 radical (unpaired) electrons. The van der Waals surface area contributed by atoms with Crippen molar-refractivity contribution < 1.29 is 0 Å². The minimum Gasteiger partial charge on any atom is -0.357 e. The summed E-state index contributed by atoms with van der Waals surface area (Å²) in [6.07, 6.45) is 2.91. The van der Waals surface area contributed by atoms with Gasteiger partial charge in [0.05, 0.1) is 10.0 Å². The van der Waals surface area contributed by atoms with Crippen molar-refractivity contribution in [1.29, 1.82) is 0 Å². The molecule has 1 N–H and O–H groups in total. The van der Waals surface area contributed by atoms with Crippen LogP contribution in [0.15, 0.2) is 30.9 Å². The molecule has 2 heterocycles. The Morgan fingerprint density at radius 1 is 1.10 bits per heavy atom. The van der Waals surface area contributed by atoms with Crippen LogP contribution in [0, 0.1) is 0 Å². The normalized spacial score (nSPS) is 10.6. The molecular formula is C12H9Cl2N7. The van der Waals surface area contributed by atoms with E-state index in [-0.39, 0.29) is 0 Å². The lowest BCUT2D eigenvalue weighted by atomic mass is 10.2. The van der Waals surface area contributed by atoms with Gasteiger partial charge in [-0.05, 0) is 18.2 Å². The van der Waals surface area contributed by atoms with Crippen LogP contribution in [0.1, 0.15) is 0 Å². The second-order valence-electron chi connectivity index (χ2n) is 4.00. The highest BCUT2D eigenvalue weighted by atomic mass is 35.5. The summed E-state index contributed by atoms with van der Waals surface area (Å²) in [6, 6.07) is 5.18. The third kappa shape index (κ3) is 2.79. The van der Waals surface area contributed by atoms with Crippen LogP contribution in [-0.4, -0.2) is 36.8 Å². The number of halogens is 2. The number of anilines is 1. The maximum Gasteiger partial charge on any atom is 0.257 e. The molecule has 3 rings (SSSR count). The van der Waals surface area contributed by atoms with Crippen LogP contribution in [0.2, 0.25) is 10.0 Å². The smallest absolute Gasteiger partial charge is 0.257 e. The zero-order valence-corrected chi connectivity index (χ0v) is 12.3. The van der Waals surface area contributed by atoms with E-state index in [9.17, 15) is 0 Å². The van der Waals surface area contributed by atoms with Crippen molar-refractivity contribution >= 4 is 29.2 Å². The molecule has 21 heavy (non-hydrogen) atoms. The molecule has 0 amide bonds. The molecule has 0 fully saturated rings. The van der Waals surface area contributed by atoms with Gasteiger partial charge in [-0.2, -0.15) is 24.7 Å². The molecule has 0 bridgehead atoms. The molecule has 0 aliphatic carbocycles. The van der Waals surface area contributed by atoms with E-state index < -0.39 is 0 Å². The first-order valence-corrected chi connectivity index (χ1v) is 6.67. The zero-order chi connectivity index (χ0) is 14.8. The Hall–Kier alpha value is -2.25. The Balaban J connectivity index is 2.13. The lowest BCUT2D eigenvalue weighted by Gasteiger charge is -2.07. The summed E-state index contributed by atoms with van der Waals surface area (Å²) in [5, 5.41) is 7.79. The first-order valence-electron chi connectivity index (χ1n) is 5.91. The third-order valence-electron chi connectivity index (χ3n) is 2.65. The van der Waals surface area contributed by atoms with Crippen molar-refractivity contribution in [1.82, 2.24) is 29.7 Å². The molecule has 0 aliphatic heterocycles. The summed E-state index contributed by atoms with van der Waals surface area (Å²) in [6.45, 7) is 0. The second kappa shape index (κ2) is 5.63. The van der Waals surface area contributed by atoms with Crippen LogP contribution < -0.4 is 5.32 Å². The fourth-order valence-corrected chi connectivity index (χ4v) is 1.95. The van der Waals surface area contributed by atoms with Gasteiger partial charge in [0, 0.05) is 12.6 Å². The van der Waals surface area contributed by atoms with Gasteiger partial charge in [-0.15, -0.1) is 0 Å². The number of hydrogen-bond acceptors (Lipinski definition) is 6. The lowest BCUT2D eigenvalue weighted by Crippen LogP contribution is -2.08. The molecule has 0 saturated heterocycles. The molecule has 0 saturated carbocycles. The van der Waals surface area contributed by atoms with Crippen molar-refractivity contribution in [3.05, 3.63) is 40.9 Å². The molecule has 106 valence electrons. The number of rotatable bonds is 3. The van der Waals surface area contributed by atoms with Gasteiger partial charge in [0.1, 0.15) is 12.7 Å². The van der Waals surface area contributed by atoms with Crippen molar-refractivity contribution in [2.24, 2.45) is 0 Å². The van der Waals surface area contributed by atoms with Crippen LogP contribution in [0.5, 0.6) is 0 Å². The molecule has 0 aliphatic rings. The van der Waals surface area contributed by atoms with Gasteiger partial charge in [-0.1, -0.05) is 23.2 Å². The average Bonchev–Trinajstić information content (AvgIpc) is 3.04. The molecular weight excluding hydrogens is 313 g/mol. The molecule has 1 aromatic carbocycles. The van der Waals surface area contributed by atoms with E-state index in [0.29, 0.717) is 27.8 Å². The van der Waals surface area contributed by atoms with Gasteiger partial charge in [0.25, 0.3) is 5.95 Å². The Labute approximate surface area is 130 Å². The summed E-state index contributed by atoms with van der Waals surface area (Å²) in [5.41, 5.74) is 0.727. The zero-order valence-electron chi connectivity index (χ0n) is 10.8. The van der Waals surface area contributed by atoms with E-state index in [0.717, 1.165) is 5.56 Å². The van der Waals surface area contributed by atoms with Crippen molar-refractivity contribution in [2.75, 3.05) is 12.4 Å². The van der Waals surface area contributed by atoms with Crippen LogP contribution in [0.4, 0.5) is 5.95 Å². The van der Waals surface area contributed by atoms with E-state index in [1.54, 1.807) is 25.2 Å². The van der Waals surface area contributed by atoms with Gasteiger partial charge >= 0.3 is 0 Å². The maximum absolute atomic E-state index is 6.03. The van der Waals surface area contributed by atoms with Gasteiger partial charge in [-0.3, -0.25) is 0 Å². The van der Waals surface area contributed by atoms with Gasteiger partial charge in [0.2, 0.25) is 5.95 Å². The number of benzene rings is 1. The van der Waals surface area contributed by atoms with Crippen LogP contribution >= 0.6 is 23.2 Å². The topological polar surface area (TPSA) is 81.4 Å². The van der Waals surface area contributed by atoms with Crippen LogP contribution in [0.3, 0.4) is 0 Å². The minimum absolute atomic E-state index is 0.355. The molecule has 2 aromatic heterocycles. The highest BCUT2D eigenvalue weighted by Gasteiger charge is 2.11. The molecule has 0 spiro atoms. The molecule has 3 aromatic rings. The van der Waals surface area contributed by atoms with Gasteiger partial charge in [-0.25, -0.2) is 4.98 Å². The standard InChI is InChI=1S/C12H9Cl2N7/c1-15-11-18-10(7-2-3-8(13)9(14)4-7)19-12(20-11)21-6-16-5-17-21/h2-6H,1H3,(H,15,18,19,20). The SMILES string of the molecule is CNc1nc(-c2ccc(Cl)c(Cl)c2)nc(-n2cncn2)n1. The lowest BCUT2D eigenvalue weighted by molar-refractivity contribution is 0.798. The Bertz CT molecular complexity index is 773. The predicted octanol–water partition coefficient (Wildman–Crippen LogP) is 2.47. The highest BCUT2D eigenvalue weighted by Crippen LogP contribution is 2.27. The largest absolute Gasteiger partial charge is 0.357 e. The fourth-order valence-electron chi connectivity index (χ4n) is 1.65. The summed E-state index contributed by atoms with van der Waals surface area (Å²) in [7, 11) is 1.72. The maximum atomic E-state index is 6.03. The average molecular weight is 322 g/mol. The Morgan fingerprint density at radius 2 is 1.95 bits per heavy atom. The number of hydrogen-bond donors (Lipinski definition) is 1. The third-order valence-corrected chi connectivity index (χ3v) is 3.39. The van der Waals surface area contributed by atoms with Crippen molar-refractivity contribution in [3.63, 3.8) is 0 Å². The number of nitrogens with one attached hydrogen (secondary N) is 1. The van der Waals surface area contributed by atoms with E-state index in [1.807, 2.05) is 0 Å². The van der Waals surface area contributed by atoms with Crippen molar-refractivity contribution in [2.45, 2.75) is 0 Å². The van der Waals surface area contributed by atoms with Crippen LogP contribution in [0.25, 0.3) is 17.3 Å². The van der Waals surface area contributed by atoms with E-state index in [4.69, 9.17) is 23.2 Å². The van der Waals surface area contributed by atoms with Crippen LogP contribution in [-0.2, 0) is 0 Å².